The number of hydrogen-bond donors (Lipinski definition) is 3. The predicted molar refractivity (Wildman–Crippen MR) is 186 cm³/mol. The molecule has 1 aliphatic carbocycles. The molecule has 2 aromatic carbocycles. The number of halogens is 1. The fourth-order valence-electron chi connectivity index (χ4n) is 6.20. The molecule has 1 saturated carbocycles. The lowest BCUT2D eigenvalue weighted by Crippen LogP contribution is -2.44. The summed E-state index contributed by atoms with van der Waals surface area (Å²) >= 11 is 7.52. The summed E-state index contributed by atoms with van der Waals surface area (Å²) in [4.78, 5) is 28.2. The summed E-state index contributed by atoms with van der Waals surface area (Å²) in [5.74, 6) is 0.671. The number of carbonyl (C=O) groups excluding carboxylic acids is 2. The van der Waals surface area contributed by atoms with E-state index in [4.69, 9.17) is 16.3 Å². The molecule has 1 fully saturated rings. The van der Waals surface area contributed by atoms with Crippen molar-refractivity contribution >= 4 is 41.2 Å². The van der Waals surface area contributed by atoms with Gasteiger partial charge in [0.25, 0.3) is 5.91 Å². The summed E-state index contributed by atoms with van der Waals surface area (Å²) in [6.45, 7) is 6.19. The Morgan fingerprint density at radius 1 is 1.17 bits per heavy atom. The molecule has 0 radical (unpaired) electrons. The molecule has 0 spiro atoms. The number of aliphatic hydroxyl groups excluding tert-OH is 2. The molecule has 4 rings (SSSR count). The molecule has 2 aromatic rings. The SMILES string of the molecule is CCCc1cc(Cl)ccc1C1COc2ccc(C(O)C(=O)NSN(C)C)cc2N(CC2CCC2C(O)/C=C/CCN(C)C(C)=O)C1. The van der Waals surface area contributed by atoms with Crippen LogP contribution in [0.25, 0.3) is 0 Å². The van der Waals surface area contributed by atoms with Crippen LogP contribution in [0.15, 0.2) is 48.6 Å². The molecule has 0 bridgehead atoms. The molecule has 9 nitrogen and oxygen atoms in total. The van der Waals surface area contributed by atoms with Gasteiger partial charge in [0, 0.05) is 56.7 Å². The number of nitrogens with zero attached hydrogens (tertiary/aromatic N) is 3. The number of ether oxygens (including phenoxy) is 1. The molecule has 252 valence electrons. The van der Waals surface area contributed by atoms with Gasteiger partial charge in [-0.05, 0) is 92.6 Å². The molecule has 0 saturated heterocycles. The van der Waals surface area contributed by atoms with E-state index in [0.717, 1.165) is 48.5 Å². The van der Waals surface area contributed by atoms with Crippen molar-refractivity contribution in [2.75, 3.05) is 52.3 Å². The second-order valence-corrected chi connectivity index (χ2v) is 14.2. The zero-order valence-electron chi connectivity index (χ0n) is 27.6. The quantitative estimate of drug-likeness (QED) is 0.182. The van der Waals surface area contributed by atoms with Gasteiger partial charge in [0.1, 0.15) is 5.75 Å². The first-order valence-electron chi connectivity index (χ1n) is 16.2. The fraction of sp³-hybridized carbons (Fsp3) is 0.543. The van der Waals surface area contributed by atoms with Crippen LogP contribution in [0.5, 0.6) is 5.75 Å². The van der Waals surface area contributed by atoms with Crippen LogP contribution in [-0.4, -0.2) is 84.7 Å². The number of carbonyl (C=O) groups is 2. The Bertz CT molecular complexity index is 1370. The van der Waals surface area contributed by atoms with Gasteiger partial charge in [-0.3, -0.25) is 14.3 Å². The van der Waals surface area contributed by atoms with Crippen LogP contribution in [0, 0.1) is 11.8 Å². The molecule has 46 heavy (non-hydrogen) atoms. The minimum absolute atomic E-state index is 0.0252. The number of fused-ring (bicyclic) bond motifs is 1. The van der Waals surface area contributed by atoms with E-state index in [0.29, 0.717) is 44.0 Å². The molecule has 0 aromatic heterocycles. The van der Waals surface area contributed by atoms with Crippen LogP contribution in [0.3, 0.4) is 0 Å². The molecule has 2 amide bonds. The van der Waals surface area contributed by atoms with E-state index in [9.17, 15) is 19.8 Å². The molecular weight excluding hydrogens is 624 g/mol. The summed E-state index contributed by atoms with van der Waals surface area (Å²) in [5.41, 5.74) is 3.76. The van der Waals surface area contributed by atoms with Crippen molar-refractivity contribution in [3.8, 4) is 5.75 Å². The summed E-state index contributed by atoms with van der Waals surface area (Å²) in [7, 11) is 5.40. The van der Waals surface area contributed by atoms with Crippen LogP contribution in [-0.2, 0) is 16.0 Å². The van der Waals surface area contributed by atoms with Crippen molar-refractivity contribution in [2.45, 2.75) is 64.1 Å². The van der Waals surface area contributed by atoms with Gasteiger partial charge in [-0.1, -0.05) is 49.2 Å². The number of aliphatic hydroxyl groups is 2. The molecular formula is C35H49ClN4O5S. The van der Waals surface area contributed by atoms with Crippen molar-refractivity contribution in [3.63, 3.8) is 0 Å². The maximum atomic E-state index is 12.7. The summed E-state index contributed by atoms with van der Waals surface area (Å²) in [6.07, 6.45) is 6.47. The van der Waals surface area contributed by atoms with Gasteiger partial charge in [-0.2, -0.15) is 0 Å². The van der Waals surface area contributed by atoms with Gasteiger partial charge in [-0.15, -0.1) is 0 Å². The standard InChI is InChI=1S/C35H49ClN4O5S/c1-6-9-24-18-28(36)13-15-29(24)27-21-40(20-26-11-14-30(26)32(42)10-7-8-17-39(5)23(2)41)31-19-25(12-16-33(31)45-22-27)34(43)35(44)37-46-38(3)4/h7,10,12-13,15-16,18-19,26-27,30,32,34,42-43H,6,8-9,11,14,17,20-22H2,1-5H3,(H,37,44)/b10-7+. The van der Waals surface area contributed by atoms with Crippen molar-refractivity contribution in [1.82, 2.24) is 13.9 Å². The number of hydrogen-bond acceptors (Lipinski definition) is 8. The highest BCUT2D eigenvalue weighted by Crippen LogP contribution is 2.43. The first-order valence-corrected chi connectivity index (χ1v) is 17.3. The molecule has 5 atom stereocenters. The summed E-state index contributed by atoms with van der Waals surface area (Å²) < 4.78 is 10.9. The first-order chi connectivity index (χ1) is 22.0. The van der Waals surface area contributed by atoms with Crippen molar-refractivity contribution < 1.29 is 24.5 Å². The third-order valence-electron chi connectivity index (χ3n) is 9.03. The van der Waals surface area contributed by atoms with Crippen LogP contribution in [0.1, 0.15) is 68.2 Å². The van der Waals surface area contributed by atoms with E-state index in [1.165, 1.54) is 11.1 Å². The van der Waals surface area contributed by atoms with Gasteiger partial charge >= 0.3 is 0 Å². The predicted octanol–water partition coefficient (Wildman–Crippen LogP) is 5.36. The average Bonchev–Trinajstić information content (AvgIpc) is 3.18. The van der Waals surface area contributed by atoms with Gasteiger partial charge < -0.3 is 24.7 Å². The summed E-state index contributed by atoms with van der Waals surface area (Å²) in [6, 6.07) is 11.6. The largest absolute Gasteiger partial charge is 0.491 e. The van der Waals surface area contributed by atoms with E-state index in [1.807, 2.05) is 44.4 Å². The molecule has 2 aliphatic rings. The van der Waals surface area contributed by atoms with Crippen molar-refractivity contribution in [2.24, 2.45) is 11.8 Å². The smallest absolute Gasteiger partial charge is 0.264 e. The third kappa shape index (κ3) is 9.41. The number of rotatable bonds is 14. The van der Waals surface area contributed by atoms with Crippen LogP contribution < -0.4 is 14.4 Å². The van der Waals surface area contributed by atoms with Gasteiger partial charge in [0.15, 0.2) is 6.10 Å². The van der Waals surface area contributed by atoms with E-state index in [2.05, 4.69) is 28.7 Å². The number of benzene rings is 2. The molecule has 5 unspecified atom stereocenters. The van der Waals surface area contributed by atoms with E-state index in [-0.39, 0.29) is 23.7 Å². The monoisotopic (exact) mass is 672 g/mol. The zero-order valence-corrected chi connectivity index (χ0v) is 29.2. The van der Waals surface area contributed by atoms with Gasteiger partial charge in [-0.25, -0.2) is 4.31 Å². The number of amides is 2. The van der Waals surface area contributed by atoms with Crippen molar-refractivity contribution in [1.29, 1.82) is 0 Å². The minimum atomic E-state index is -1.34. The van der Waals surface area contributed by atoms with Crippen LogP contribution in [0.2, 0.25) is 5.02 Å². The molecule has 1 aliphatic heterocycles. The zero-order chi connectivity index (χ0) is 33.4. The third-order valence-corrected chi connectivity index (χ3v) is 9.93. The maximum Gasteiger partial charge on any atom is 0.264 e. The van der Waals surface area contributed by atoms with Crippen LogP contribution in [0.4, 0.5) is 5.69 Å². The Labute approximate surface area is 283 Å². The normalized spacial score (nSPS) is 20.8. The van der Waals surface area contributed by atoms with Gasteiger partial charge in [0.05, 0.1) is 18.4 Å². The Morgan fingerprint density at radius 3 is 2.63 bits per heavy atom. The Balaban J connectivity index is 1.58. The average molecular weight is 673 g/mol. The first kappa shape index (κ1) is 36.1. The fourth-order valence-corrected chi connectivity index (χ4v) is 6.78. The van der Waals surface area contributed by atoms with E-state index in [1.54, 1.807) is 29.2 Å². The summed E-state index contributed by atoms with van der Waals surface area (Å²) in [5, 5.41) is 22.8. The highest BCUT2D eigenvalue weighted by molar-refractivity contribution is 7.95. The number of anilines is 1. The second kappa shape index (κ2) is 16.9. The van der Waals surface area contributed by atoms with E-state index >= 15 is 0 Å². The lowest BCUT2D eigenvalue weighted by molar-refractivity contribution is -0.128. The lowest BCUT2D eigenvalue weighted by Gasteiger charge is -2.42. The second-order valence-electron chi connectivity index (χ2n) is 12.7. The molecule has 3 N–H and O–H groups in total. The number of aryl methyl sites for hydroxylation is 1. The lowest BCUT2D eigenvalue weighted by atomic mass is 9.70. The topological polar surface area (TPSA) is 106 Å². The highest BCUT2D eigenvalue weighted by atomic mass is 35.5. The van der Waals surface area contributed by atoms with Gasteiger partial charge in [0.2, 0.25) is 5.91 Å². The molecule has 1 heterocycles. The highest BCUT2D eigenvalue weighted by Gasteiger charge is 2.38. The maximum absolute atomic E-state index is 12.7. The minimum Gasteiger partial charge on any atom is -0.491 e. The molecule has 11 heteroatoms. The van der Waals surface area contributed by atoms with E-state index < -0.39 is 18.1 Å². The Kier molecular flexibility index (Phi) is 13.2. The van der Waals surface area contributed by atoms with Crippen molar-refractivity contribution in [3.05, 3.63) is 70.3 Å². The Morgan fingerprint density at radius 2 is 1.96 bits per heavy atom. The number of nitrogens with one attached hydrogen (secondary N) is 1. The van der Waals surface area contributed by atoms with Crippen LogP contribution >= 0.6 is 23.7 Å². The Hall–Kier alpha value is -2.76.